The Labute approximate surface area is 144 Å². The molecule has 0 saturated heterocycles. The van der Waals surface area contributed by atoms with Crippen molar-refractivity contribution < 1.29 is 14.3 Å². The molecule has 1 aliphatic rings. The van der Waals surface area contributed by atoms with Gasteiger partial charge in [0.05, 0.1) is 5.69 Å². The fraction of sp³-hybridized carbons (Fsp3) is 0.167. The van der Waals surface area contributed by atoms with Crippen LogP contribution in [0.2, 0.25) is 5.02 Å². The summed E-state index contributed by atoms with van der Waals surface area (Å²) in [5, 5.41) is 5.95. The Morgan fingerprint density at radius 2 is 1.79 bits per heavy atom. The molecule has 0 radical (unpaired) electrons. The highest BCUT2D eigenvalue weighted by atomic mass is 35.5. The molecule has 1 aliphatic heterocycles. The number of esters is 1. The number of carbonyl (C=O) groups excluding carboxylic acids is 2. The molecular formula is C18H15ClN2O3. The van der Waals surface area contributed by atoms with E-state index in [0.717, 1.165) is 5.56 Å². The third-order valence-electron chi connectivity index (χ3n) is 3.59. The zero-order valence-corrected chi connectivity index (χ0v) is 13.6. The lowest BCUT2D eigenvalue weighted by atomic mass is 10.1. The van der Waals surface area contributed by atoms with E-state index in [1.807, 2.05) is 30.3 Å². The van der Waals surface area contributed by atoms with Crippen molar-refractivity contribution in [3.63, 3.8) is 0 Å². The molecule has 0 unspecified atom stereocenters. The van der Waals surface area contributed by atoms with Gasteiger partial charge in [0.2, 0.25) is 5.91 Å². The highest BCUT2D eigenvalue weighted by molar-refractivity contribution is 6.38. The topological polar surface area (TPSA) is 59.0 Å². The van der Waals surface area contributed by atoms with Crippen LogP contribution in [0.25, 0.3) is 0 Å². The monoisotopic (exact) mass is 342 g/mol. The second-order valence-electron chi connectivity index (χ2n) is 5.26. The number of benzene rings is 2. The number of anilines is 1. The molecule has 0 spiro atoms. The smallest absolute Gasteiger partial charge is 0.354 e. The third-order valence-corrected chi connectivity index (χ3v) is 3.95. The Morgan fingerprint density at radius 3 is 2.54 bits per heavy atom. The van der Waals surface area contributed by atoms with Crippen molar-refractivity contribution in [1.29, 1.82) is 0 Å². The number of rotatable bonds is 4. The summed E-state index contributed by atoms with van der Waals surface area (Å²) in [7, 11) is 0. The number of para-hydroxylation sites is 1. The van der Waals surface area contributed by atoms with E-state index in [1.165, 1.54) is 5.01 Å². The standard InChI is InChI=1S/C18H15ClN2O3/c19-15-9-5-4-6-13(15)12-24-18(23)16-10-11-17(22)21(20-16)14-7-2-1-3-8-14/h1-9H,10-12H2. The van der Waals surface area contributed by atoms with Crippen LogP contribution in [0.3, 0.4) is 0 Å². The molecule has 24 heavy (non-hydrogen) atoms. The number of ether oxygens (including phenoxy) is 1. The Kier molecular flexibility index (Phi) is 4.91. The summed E-state index contributed by atoms with van der Waals surface area (Å²) in [5.74, 6) is -0.688. The van der Waals surface area contributed by atoms with Crippen LogP contribution in [0.1, 0.15) is 18.4 Å². The number of hydrogen-bond acceptors (Lipinski definition) is 4. The quantitative estimate of drug-likeness (QED) is 0.798. The first-order chi connectivity index (χ1) is 11.6. The molecule has 0 saturated carbocycles. The predicted molar refractivity (Wildman–Crippen MR) is 91.8 cm³/mol. The number of nitrogens with zero attached hydrogens (tertiary/aromatic N) is 2. The van der Waals surface area contributed by atoms with Gasteiger partial charge in [-0.05, 0) is 18.2 Å². The van der Waals surface area contributed by atoms with Gasteiger partial charge in [0.25, 0.3) is 0 Å². The van der Waals surface area contributed by atoms with Crippen molar-refractivity contribution in [2.45, 2.75) is 19.4 Å². The Balaban J connectivity index is 1.72. The minimum absolute atomic E-state index is 0.0663. The van der Waals surface area contributed by atoms with Gasteiger partial charge in [-0.25, -0.2) is 9.80 Å². The molecule has 3 rings (SSSR count). The van der Waals surface area contributed by atoms with E-state index in [0.29, 0.717) is 10.7 Å². The van der Waals surface area contributed by atoms with E-state index >= 15 is 0 Å². The molecule has 2 aromatic rings. The molecule has 6 heteroatoms. The predicted octanol–water partition coefficient (Wildman–Crippen LogP) is 3.57. The molecule has 0 aromatic heterocycles. The summed E-state index contributed by atoms with van der Waals surface area (Å²) >= 11 is 6.04. The Hall–Kier alpha value is -2.66. The molecule has 0 fully saturated rings. The van der Waals surface area contributed by atoms with E-state index in [4.69, 9.17) is 16.3 Å². The average Bonchev–Trinajstić information content (AvgIpc) is 2.62. The molecule has 1 amide bonds. The van der Waals surface area contributed by atoms with E-state index in [1.54, 1.807) is 24.3 Å². The van der Waals surface area contributed by atoms with Crippen LogP contribution >= 0.6 is 11.6 Å². The first-order valence-corrected chi connectivity index (χ1v) is 7.89. The fourth-order valence-electron chi connectivity index (χ4n) is 2.31. The zero-order chi connectivity index (χ0) is 16.9. The maximum atomic E-state index is 12.2. The van der Waals surface area contributed by atoms with Crippen LogP contribution in [0.5, 0.6) is 0 Å². The summed E-state index contributed by atoms with van der Waals surface area (Å²) < 4.78 is 5.28. The maximum Gasteiger partial charge on any atom is 0.354 e. The molecule has 5 nitrogen and oxygen atoms in total. The van der Waals surface area contributed by atoms with Gasteiger partial charge >= 0.3 is 5.97 Å². The maximum absolute atomic E-state index is 12.2. The lowest BCUT2D eigenvalue weighted by molar-refractivity contribution is -0.137. The summed E-state index contributed by atoms with van der Waals surface area (Å²) in [5.41, 5.74) is 1.57. The first-order valence-electron chi connectivity index (χ1n) is 7.51. The molecule has 0 atom stereocenters. The molecule has 0 bridgehead atoms. The molecule has 1 heterocycles. The molecule has 0 aliphatic carbocycles. The van der Waals surface area contributed by atoms with Crippen LogP contribution < -0.4 is 5.01 Å². The van der Waals surface area contributed by atoms with Gasteiger partial charge in [-0.2, -0.15) is 5.10 Å². The van der Waals surface area contributed by atoms with Gasteiger partial charge in [0.1, 0.15) is 12.3 Å². The summed E-state index contributed by atoms with van der Waals surface area (Å²) in [6.45, 7) is 0.0663. The third kappa shape index (κ3) is 3.63. The van der Waals surface area contributed by atoms with E-state index in [2.05, 4.69) is 5.10 Å². The lowest BCUT2D eigenvalue weighted by Crippen LogP contribution is -2.34. The van der Waals surface area contributed by atoms with Crippen molar-refractivity contribution in [3.05, 3.63) is 65.2 Å². The van der Waals surface area contributed by atoms with Crippen molar-refractivity contribution in [2.24, 2.45) is 5.10 Å². The van der Waals surface area contributed by atoms with Gasteiger partial charge < -0.3 is 4.74 Å². The molecule has 0 N–H and O–H groups in total. The van der Waals surface area contributed by atoms with Crippen molar-refractivity contribution >= 4 is 34.9 Å². The summed E-state index contributed by atoms with van der Waals surface area (Å²) in [6, 6.07) is 16.1. The molecular weight excluding hydrogens is 328 g/mol. The van der Waals surface area contributed by atoms with Gasteiger partial charge in [-0.1, -0.05) is 48.0 Å². The second-order valence-corrected chi connectivity index (χ2v) is 5.66. The largest absolute Gasteiger partial charge is 0.456 e. The molecule has 2 aromatic carbocycles. The number of hydrazone groups is 1. The highest BCUT2D eigenvalue weighted by Crippen LogP contribution is 2.21. The van der Waals surface area contributed by atoms with Crippen LogP contribution in [0, 0.1) is 0 Å². The van der Waals surface area contributed by atoms with Crippen LogP contribution in [0.15, 0.2) is 59.7 Å². The summed E-state index contributed by atoms with van der Waals surface area (Å²) in [6.07, 6.45) is 0.485. The minimum atomic E-state index is -0.539. The molecule has 122 valence electrons. The van der Waals surface area contributed by atoms with Crippen molar-refractivity contribution in [2.75, 3.05) is 5.01 Å². The Bertz CT molecular complexity index is 790. The minimum Gasteiger partial charge on any atom is -0.456 e. The second kappa shape index (κ2) is 7.27. The fourth-order valence-corrected chi connectivity index (χ4v) is 2.50. The van der Waals surface area contributed by atoms with Gasteiger partial charge in [-0.15, -0.1) is 0 Å². The normalized spacial score (nSPS) is 14.3. The lowest BCUT2D eigenvalue weighted by Gasteiger charge is -2.22. The number of amides is 1. The number of halogens is 1. The van der Waals surface area contributed by atoms with Crippen molar-refractivity contribution in [3.8, 4) is 0 Å². The average molecular weight is 343 g/mol. The van der Waals surface area contributed by atoms with E-state index in [9.17, 15) is 9.59 Å². The van der Waals surface area contributed by atoms with Crippen molar-refractivity contribution in [1.82, 2.24) is 0 Å². The highest BCUT2D eigenvalue weighted by Gasteiger charge is 2.26. The SMILES string of the molecule is O=C(OCc1ccccc1Cl)C1=NN(c2ccccc2)C(=O)CC1. The van der Waals surface area contributed by atoms with Gasteiger partial charge in [0, 0.05) is 23.4 Å². The number of hydrogen-bond donors (Lipinski definition) is 0. The Morgan fingerprint density at radius 1 is 1.08 bits per heavy atom. The van der Waals surface area contributed by atoms with Crippen LogP contribution in [0.4, 0.5) is 5.69 Å². The van der Waals surface area contributed by atoms with E-state index < -0.39 is 5.97 Å². The van der Waals surface area contributed by atoms with Crippen LogP contribution in [-0.4, -0.2) is 17.6 Å². The van der Waals surface area contributed by atoms with Gasteiger partial charge in [0.15, 0.2) is 0 Å². The first kappa shape index (κ1) is 16.2. The van der Waals surface area contributed by atoms with Crippen LogP contribution in [-0.2, 0) is 20.9 Å². The van der Waals surface area contributed by atoms with E-state index in [-0.39, 0.29) is 31.1 Å². The zero-order valence-electron chi connectivity index (χ0n) is 12.8. The summed E-state index contributed by atoms with van der Waals surface area (Å²) in [4.78, 5) is 24.3. The number of carbonyl (C=O) groups is 2. The van der Waals surface area contributed by atoms with Gasteiger partial charge in [-0.3, -0.25) is 4.79 Å².